The van der Waals surface area contributed by atoms with Gasteiger partial charge in [0.05, 0.1) is 48.8 Å². The van der Waals surface area contributed by atoms with E-state index in [2.05, 4.69) is 5.32 Å². The van der Waals surface area contributed by atoms with E-state index in [1.165, 1.54) is 30.6 Å². The van der Waals surface area contributed by atoms with Crippen LogP contribution in [0.3, 0.4) is 0 Å². The first-order chi connectivity index (χ1) is 23.4. The first-order valence-electron chi connectivity index (χ1n) is 16.7. The molecule has 1 heterocycles. The van der Waals surface area contributed by atoms with Crippen LogP contribution in [-0.4, -0.2) is 93.3 Å². The molecule has 2 N–H and O–H groups in total. The number of nitrogens with zero attached hydrogens (tertiary/aromatic N) is 2. The highest BCUT2D eigenvalue weighted by molar-refractivity contribution is 7.89. The molecule has 1 aliphatic rings. The SMILES string of the molecule is COc1ccc(S(=O)(=O)N(C)C[C@H]2OCCCC[C@H](C)Oc3ccc(NC(=O)Cc4ccccc4)cc3C(=O)N([C@@H](C)CO)C[C@H]2C)cc1. The van der Waals surface area contributed by atoms with E-state index in [0.29, 0.717) is 30.2 Å². The van der Waals surface area contributed by atoms with Crippen LogP contribution < -0.4 is 14.8 Å². The van der Waals surface area contributed by atoms with Gasteiger partial charge in [-0.25, -0.2) is 8.42 Å². The number of aliphatic hydroxyl groups is 1. The van der Waals surface area contributed by atoms with Crippen LogP contribution in [0, 0.1) is 5.92 Å². The molecule has 12 heteroatoms. The molecule has 0 aromatic heterocycles. The summed E-state index contributed by atoms with van der Waals surface area (Å²) in [4.78, 5) is 29.0. The lowest BCUT2D eigenvalue weighted by molar-refractivity contribution is -0.115. The molecule has 4 atom stereocenters. The average molecular weight is 696 g/mol. The third-order valence-corrected chi connectivity index (χ3v) is 10.6. The second kappa shape index (κ2) is 17.6. The number of nitrogens with one attached hydrogen (secondary N) is 1. The topological polar surface area (TPSA) is 135 Å². The first kappa shape index (κ1) is 37.8. The quantitative estimate of drug-likeness (QED) is 0.303. The third-order valence-electron chi connectivity index (χ3n) is 8.75. The number of hydrogen-bond acceptors (Lipinski definition) is 8. The van der Waals surface area contributed by atoms with Crippen LogP contribution in [0.5, 0.6) is 11.5 Å². The van der Waals surface area contributed by atoms with Crippen molar-refractivity contribution in [2.75, 3.05) is 45.8 Å². The van der Waals surface area contributed by atoms with E-state index in [1.54, 1.807) is 42.2 Å². The maximum Gasteiger partial charge on any atom is 0.258 e. The van der Waals surface area contributed by atoms with Gasteiger partial charge in [-0.05, 0) is 81.1 Å². The molecule has 11 nitrogen and oxygen atoms in total. The number of fused-ring (bicyclic) bond motifs is 1. The van der Waals surface area contributed by atoms with E-state index in [4.69, 9.17) is 14.2 Å². The van der Waals surface area contributed by atoms with Crippen molar-refractivity contribution in [1.82, 2.24) is 9.21 Å². The van der Waals surface area contributed by atoms with Gasteiger partial charge in [0.1, 0.15) is 11.5 Å². The van der Waals surface area contributed by atoms with Crippen LogP contribution in [0.4, 0.5) is 5.69 Å². The molecule has 0 saturated heterocycles. The smallest absolute Gasteiger partial charge is 0.258 e. The van der Waals surface area contributed by atoms with E-state index < -0.39 is 22.2 Å². The molecule has 2 amide bonds. The van der Waals surface area contributed by atoms with Crippen molar-refractivity contribution < 1.29 is 37.3 Å². The Kier molecular flexibility index (Phi) is 13.6. The molecule has 1 aliphatic heterocycles. The van der Waals surface area contributed by atoms with Crippen LogP contribution in [0.15, 0.2) is 77.7 Å². The van der Waals surface area contributed by atoms with E-state index in [9.17, 15) is 23.1 Å². The normalized spacial score (nSPS) is 20.1. The van der Waals surface area contributed by atoms with E-state index >= 15 is 0 Å². The highest BCUT2D eigenvalue weighted by atomic mass is 32.2. The minimum Gasteiger partial charge on any atom is -0.497 e. The lowest BCUT2D eigenvalue weighted by Gasteiger charge is -2.35. The summed E-state index contributed by atoms with van der Waals surface area (Å²) in [6, 6.07) is 20.0. The predicted octanol–water partition coefficient (Wildman–Crippen LogP) is 4.99. The largest absolute Gasteiger partial charge is 0.497 e. The molecule has 3 aromatic rings. The van der Waals surface area contributed by atoms with Crippen LogP contribution in [-0.2, 0) is 26.0 Å². The predicted molar refractivity (Wildman–Crippen MR) is 188 cm³/mol. The molecule has 0 radical (unpaired) electrons. The molecule has 0 bridgehead atoms. The van der Waals surface area contributed by atoms with Crippen LogP contribution in [0.2, 0.25) is 0 Å². The zero-order chi connectivity index (χ0) is 35.6. The van der Waals surface area contributed by atoms with Crippen molar-refractivity contribution in [1.29, 1.82) is 0 Å². The number of sulfonamides is 1. The fraction of sp³-hybridized carbons (Fsp3) is 0.459. The van der Waals surface area contributed by atoms with Crippen molar-refractivity contribution in [3.63, 3.8) is 0 Å². The summed E-state index contributed by atoms with van der Waals surface area (Å²) < 4.78 is 46.1. The summed E-state index contributed by atoms with van der Waals surface area (Å²) >= 11 is 0. The Morgan fingerprint density at radius 2 is 1.80 bits per heavy atom. The molecule has 0 aliphatic carbocycles. The van der Waals surface area contributed by atoms with Gasteiger partial charge in [0.2, 0.25) is 15.9 Å². The number of anilines is 1. The number of ether oxygens (including phenoxy) is 3. The van der Waals surface area contributed by atoms with E-state index in [1.807, 2.05) is 44.2 Å². The maximum absolute atomic E-state index is 14.4. The Bertz CT molecular complexity index is 1640. The fourth-order valence-corrected chi connectivity index (χ4v) is 6.91. The molecule has 266 valence electrons. The molecular weight excluding hydrogens is 646 g/mol. The number of aliphatic hydroxyl groups excluding tert-OH is 1. The van der Waals surface area contributed by atoms with Gasteiger partial charge in [0.15, 0.2) is 0 Å². The van der Waals surface area contributed by atoms with Gasteiger partial charge in [-0.2, -0.15) is 4.31 Å². The van der Waals surface area contributed by atoms with Crippen molar-refractivity contribution in [3.05, 3.63) is 83.9 Å². The summed E-state index contributed by atoms with van der Waals surface area (Å²) in [6.07, 6.45) is 1.64. The van der Waals surface area contributed by atoms with Crippen LogP contribution >= 0.6 is 0 Å². The van der Waals surface area contributed by atoms with Gasteiger partial charge in [-0.1, -0.05) is 37.3 Å². The molecule has 0 fully saturated rings. The molecule has 49 heavy (non-hydrogen) atoms. The van der Waals surface area contributed by atoms with Crippen molar-refractivity contribution >= 4 is 27.5 Å². The molecule has 0 saturated carbocycles. The standard InChI is InChI=1S/C37H49N3O8S/c1-26-23-40(27(2)25-41)37(43)33-22-30(38-36(42)21-29-12-7-6-8-13-29)14-19-34(33)48-28(3)11-9-10-20-47-35(26)24-39(4)49(44,45)32-17-15-31(46-5)16-18-32/h6-8,12-19,22,26-28,35,41H,9-11,20-21,23-25H2,1-5H3,(H,38,42)/t26-,27+,28+,35-/m1/s1. The van der Waals surface area contributed by atoms with Gasteiger partial charge < -0.3 is 29.5 Å². The number of rotatable bonds is 10. The number of amides is 2. The zero-order valence-corrected chi connectivity index (χ0v) is 29.8. The monoisotopic (exact) mass is 695 g/mol. The second-order valence-electron chi connectivity index (χ2n) is 12.7. The lowest BCUT2D eigenvalue weighted by atomic mass is 10.0. The second-order valence-corrected chi connectivity index (χ2v) is 14.7. The minimum atomic E-state index is -3.85. The van der Waals surface area contributed by atoms with Crippen molar-refractivity contribution in [2.45, 2.75) is 69.6 Å². The average Bonchev–Trinajstić information content (AvgIpc) is 3.09. The van der Waals surface area contributed by atoms with Gasteiger partial charge in [-0.15, -0.1) is 0 Å². The van der Waals surface area contributed by atoms with Gasteiger partial charge in [0, 0.05) is 38.3 Å². The Morgan fingerprint density at radius 1 is 1.08 bits per heavy atom. The summed E-state index contributed by atoms with van der Waals surface area (Å²) in [6.45, 7) is 5.93. The Morgan fingerprint density at radius 3 is 2.47 bits per heavy atom. The van der Waals surface area contributed by atoms with E-state index in [-0.39, 0.29) is 60.4 Å². The minimum absolute atomic E-state index is 0.0543. The summed E-state index contributed by atoms with van der Waals surface area (Å²) in [5.74, 6) is -0.000203. The molecule has 4 rings (SSSR count). The third kappa shape index (κ3) is 10.3. The number of carbonyl (C=O) groups excluding carboxylic acids is 2. The van der Waals surface area contributed by atoms with Gasteiger partial charge >= 0.3 is 0 Å². The van der Waals surface area contributed by atoms with Gasteiger partial charge in [-0.3, -0.25) is 9.59 Å². The van der Waals surface area contributed by atoms with Crippen LogP contribution in [0.1, 0.15) is 56.0 Å². The fourth-order valence-electron chi connectivity index (χ4n) is 5.73. The number of carbonyl (C=O) groups is 2. The molecule has 0 unspecified atom stereocenters. The molecule has 0 spiro atoms. The van der Waals surface area contributed by atoms with Crippen molar-refractivity contribution in [3.8, 4) is 11.5 Å². The highest BCUT2D eigenvalue weighted by Gasteiger charge is 2.32. The zero-order valence-electron chi connectivity index (χ0n) is 29.0. The maximum atomic E-state index is 14.4. The summed E-state index contributed by atoms with van der Waals surface area (Å²) in [7, 11) is -0.814. The number of benzene rings is 3. The first-order valence-corrected chi connectivity index (χ1v) is 18.1. The lowest BCUT2D eigenvalue weighted by Crippen LogP contribution is -2.48. The van der Waals surface area contributed by atoms with Crippen LogP contribution in [0.25, 0.3) is 0 Å². The number of methoxy groups -OCH3 is 1. The highest BCUT2D eigenvalue weighted by Crippen LogP contribution is 2.29. The Balaban J connectivity index is 1.62. The summed E-state index contributed by atoms with van der Waals surface area (Å²) in [5.41, 5.74) is 1.56. The van der Waals surface area contributed by atoms with Crippen molar-refractivity contribution in [2.24, 2.45) is 5.92 Å². The number of likely N-dealkylation sites (N-methyl/N-ethyl adjacent to an activating group) is 1. The van der Waals surface area contributed by atoms with Gasteiger partial charge in [0.25, 0.3) is 5.91 Å². The molecule has 3 aromatic carbocycles. The Labute approximate surface area is 290 Å². The molecular formula is C37H49N3O8S. The van der Waals surface area contributed by atoms with E-state index in [0.717, 1.165) is 18.4 Å². The Hall–Kier alpha value is -3.97. The summed E-state index contributed by atoms with van der Waals surface area (Å²) in [5, 5.41) is 13.1. The number of hydrogen-bond donors (Lipinski definition) is 2.